The summed E-state index contributed by atoms with van der Waals surface area (Å²) >= 11 is 0. The van der Waals surface area contributed by atoms with Crippen LogP contribution in [0.15, 0.2) is 12.4 Å². The van der Waals surface area contributed by atoms with Crippen molar-refractivity contribution in [1.29, 1.82) is 0 Å². The standard InChI is InChI=1S/C11H17N3O3/c1-15-9-5-12-10(13-6-9)14-7-11(16-2)3-4-17-8-11/h5-6H,3-4,7-8H2,1-2H3,(H,12,13,14). The second-order valence-electron chi connectivity index (χ2n) is 3.99. The molecular weight excluding hydrogens is 222 g/mol. The van der Waals surface area contributed by atoms with E-state index in [0.717, 1.165) is 13.0 Å². The number of methoxy groups -OCH3 is 2. The molecule has 17 heavy (non-hydrogen) atoms. The molecule has 1 atom stereocenters. The number of hydrogen-bond donors (Lipinski definition) is 1. The minimum absolute atomic E-state index is 0.261. The Hall–Kier alpha value is -1.40. The number of ether oxygens (including phenoxy) is 3. The number of nitrogens with zero attached hydrogens (tertiary/aromatic N) is 2. The lowest BCUT2D eigenvalue weighted by atomic mass is 10.0. The van der Waals surface area contributed by atoms with Crippen LogP contribution in [0.5, 0.6) is 5.75 Å². The zero-order chi connectivity index (χ0) is 12.1. The molecule has 6 nitrogen and oxygen atoms in total. The lowest BCUT2D eigenvalue weighted by molar-refractivity contribution is -0.00631. The normalized spacial score (nSPS) is 23.6. The summed E-state index contributed by atoms with van der Waals surface area (Å²) < 4.78 is 15.8. The first-order chi connectivity index (χ1) is 8.28. The third-order valence-electron chi connectivity index (χ3n) is 2.93. The van der Waals surface area contributed by atoms with Crippen molar-refractivity contribution in [3.63, 3.8) is 0 Å². The van der Waals surface area contributed by atoms with Crippen molar-refractivity contribution in [1.82, 2.24) is 9.97 Å². The quantitative estimate of drug-likeness (QED) is 0.816. The summed E-state index contributed by atoms with van der Waals surface area (Å²) in [6, 6.07) is 0. The summed E-state index contributed by atoms with van der Waals surface area (Å²) in [4.78, 5) is 8.26. The Balaban J connectivity index is 1.92. The number of nitrogens with one attached hydrogen (secondary N) is 1. The third kappa shape index (κ3) is 2.83. The zero-order valence-electron chi connectivity index (χ0n) is 10.1. The SMILES string of the molecule is COc1cnc(NCC2(OC)CCOC2)nc1. The van der Waals surface area contributed by atoms with E-state index in [2.05, 4.69) is 15.3 Å². The number of hydrogen-bond acceptors (Lipinski definition) is 6. The highest BCUT2D eigenvalue weighted by atomic mass is 16.5. The molecular formula is C11H17N3O3. The maximum Gasteiger partial charge on any atom is 0.222 e. The first kappa shape index (κ1) is 12.1. The van der Waals surface area contributed by atoms with Crippen molar-refractivity contribution >= 4 is 5.95 Å². The van der Waals surface area contributed by atoms with Gasteiger partial charge in [-0.05, 0) is 0 Å². The van der Waals surface area contributed by atoms with E-state index in [0.29, 0.717) is 24.8 Å². The Morgan fingerprint density at radius 3 is 2.71 bits per heavy atom. The van der Waals surface area contributed by atoms with Gasteiger partial charge in [0, 0.05) is 26.7 Å². The molecule has 94 valence electrons. The topological polar surface area (TPSA) is 65.5 Å². The van der Waals surface area contributed by atoms with E-state index in [9.17, 15) is 0 Å². The monoisotopic (exact) mass is 239 g/mol. The van der Waals surface area contributed by atoms with E-state index < -0.39 is 0 Å². The molecule has 0 saturated carbocycles. The molecule has 1 unspecified atom stereocenters. The molecule has 0 aromatic carbocycles. The van der Waals surface area contributed by atoms with E-state index in [-0.39, 0.29) is 5.60 Å². The number of rotatable bonds is 5. The van der Waals surface area contributed by atoms with Gasteiger partial charge in [-0.2, -0.15) is 0 Å². The molecule has 0 spiro atoms. The summed E-state index contributed by atoms with van der Waals surface area (Å²) in [5.41, 5.74) is -0.261. The van der Waals surface area contributed by atoms with Crippen LogP contribution in [0.3, 0.4) is 0 Å². The average Bonchev–Trinajstić information content (AvgIpc) is 2.86. The van der Waals surface area contributed by atoms with Crippen LogP contribution in [0.1, 0.15) is 6.42 Å². The van der Waals surface area contributed by atoms with Crippen molar-refractivity contribution in [2.24, 2.45) is 0 Å². The van der Waals surface area contributed by atoms with Gasteiger partial charge in [0.05, 0.1) is 26.1 Å². The molecule has 0 amide bonds. The van der Waals surface area contributed by atoms with Gasteiger partial charge in [-0.3, -0.25) is 0 Å². The van der Waals surface area contributed by atoms with Gasteiger partial charge in [0.15, 0.2) is 5.75 Å². The molecule has 1 N–H and O–H groups in total. The molecule has 1 saturated heterocycles. The van der Waals surface area contributed by atoms with Crippen LogP contribution in [0.2, 0.25) is 0 Å². The number of anilines is 1. The van der Waals surface area contributed by atoms with Crippen molar-refractivity contribution in [3.8, 4) is 5.75 Å². The van der Waals surface area contributed by atoms with E-state index in [1.54, 1.807) is 26.6 Å². The molecule has 0 radical (unpaired) electrons. The van der Waals surface area contributed by atoms with Crippen LogP contribution < -0.4 is 10.1 Å². The lowest BCUT2D eigenvalue weighted by Crippen LogP contribution is -2.39. The molecule has 2 heterocycles. The predicted molar refractivity (Wildman–Crippen MR) is 62.2 cm³/mol. The first-order valence-electron chi connectivity index (χ1n) is 5.51. The second-order valence-corrected chi connectivity index (χ2v) is 3.99. The minimum atomic E-state index is -0.261. The number of aromatic nitrogens is 2. The van der Waals surface area contributed by atoms with Crippen molar-refractivity contribution in [3.05, 3.63) is 12.4 Å². The van der Waals surface area contributed by atoms with Crippen molar-refractivity contribution in [2.45, 2.75) is 12.0 Å². The second kappa shape index (κ2) is 5.29. The zero-order valence-corrected chi connectivity index (χ0v) is 10.1. The molecule has 1 aliphatic rings. The van der Waals surface area contributed by atoms with Gasteiger partial charge >= 0.3 is 0 Å². The Labute approximate surface area is 100 Å². The van der Waals surface area contributed by atoms with Gasteiger partial charge in [0.2, 0.25) is 5.95 Å². The Morgan fingerprint density at radius 2 is 2.18 bits per heavy atom. The fourth-order valence-corrected chi connectivity index (χ4v) is 1.71. The summed E-state index contributed by atoms with van der Waals surface area (Å²) in [6.45, 7) is 1.97. The van der Waals surface area contributed by atoms with Crippen LogP contribution in [0.4, 0.5) is 5.95 Å². The van der Waals surface area contributed by atoms with Crippen LogP contribution in [0.25, 0.3) is 0 Å². The predicted octanol–water partition coefficient (Wildman–Crippen LogP) is 0.703. The molecule has 1 aliphatic heterocycles. The largest absolute Gasteiger partial charge is 0.494 e. The summed E-state index contributed by atoms with van der Waals surface area (Å²) in [7, 11) is 3.28. The lowest BCUT2D eigenvalue weighted by Gasteiger charge is -2.25. The van der Waals surface area contributed by atoms with Crippen LogP contribution in [0, 0.1) is 0 Å². The van der Waals surface area contributed by atoms with Crippen molar-refractivity contribution < 1.29 is 14.2 Å². The third-order valence-corrected chi connectivity index (χ3v) is 2.93. The van der Waals surface area contributed by atoms with E-state index >= 15 is 0 Å². The van der Waals surface area contributed by atoms with Crippen molar-refractivity contribution in [2.75, 3.05) is 39.3 Å². The molecule has 0 aliphatic carbocycles. The molecule has 2 rings (SSSR count). The molecule has 0 bridgehead atoms. The van der Waals surface area contributed by atoms with Crippen LogP contribution in [-0.2, 0) is 9.47 Å². The fourth-order valence-electron chi connectivity index (χ4n) is 1.71. The Kier molecular flexibility index (Phi) is 3.75. The van der Waals surface area contributed by atoms with Gasteiger partial charge in [0.1, 0.15) is 5.60 Å². The summed E-state index contributed by atoms with van der Waals surface area (Å²) in [6.07, 6.45) is 4.13. The van der Waals surface area contributed by atoms with E-state index in [4.69, 9.17) is 14.2 Å². The average molecular weight is 239 g/mol. The molecule has 6 heteroatoms. The van der Waals surface area contributed by atoms with Gasteiger partial charge in [-0.15, -0.1) is 0 Å². The van der Waals surface area contributed by atoms with Crippen LogP contribution in [-0.4, -0.2) is 49.5 Å². The highest BCUT2D eigenvalue weighted by Gasteiger charge is 2.34. The Morgan fingerprint density at radius 1 is 1.41 bits per heavy atom. The van der Waals surface area contributed by atoms with Gasteiger partial charge in [0.25, 0.3) is 0 Å². The summed E-state index contributed by atoms with van der Waals surface area (Å²) in [5.74, 6) is 1.20. The Bertz CT molecular complexity index is 349. The fraction of sp³-hybridized carbons (Fsp3) is 0.636. The molecule has 1 aromatic rings. The smallest absolute Gasteiger partial charge is 0.222 e. The van der Waals surface area contributed by atoms with Gasteiger partial charge in [-0.1, -0.05) is 0 Å². The maximum absolute atomic E-state index is 5.50. The molecule has 1 fully saturated rings. The summed E-state index contributed by atoms with van der Waals surface area (Å²) in [5, 5.41) is 3.15. The van der Waals surface area contributed by atoms with Gasteiger partial charge < -0.3 is 19.5 Å². The first-order valence-corrected chi connectivity index (χ1v) is 5.51. The van der Waals surface area contributed by atoms with Gasteiger partial charge in [-0.25, -0.2) is 9.97 Å². The van der Waals surface area contributed by atoms with Crippen LogP contribution >= 0.6 is 0 Å². The maximum atomic E-state index is 5.50. The van der Waals surface area contributed by atoms with E-state index in [1.165, 1.54) is 0 Å². The highest BCUT2D eigenvalue weighted by Crippen LogP contribution is 2.22. The molecule has 1 aromatic heterocycles. The highest BCUT2D eigenvalue weighted by molar-refractivity contribution is 5.27. The minimum Gasteiger partial charge on any atom is -0.494 e. The van der Waals surface area contributed by atoms with E-state index in [1.807, 2.05) is 0 Å².